The van der Waals surface area contributed by atoms with Gasteiger partial charge in [-0.2, -0.15) is 0 Å². The molecule has 2 amide bonds. The molecule has 6 nitrogen and oxygen atoms in total. The lowest BCUT2D eigenvalue weighted by Gasteiger charge is -2.12. The maximum atomic E-state index is 11.8. The largest absolute Gasteiger partial charge is 0.355 e. The quantitative estimate of drug-likeness (QED) is 0.796. The lowest BCUT2D eigenvalue weighted by Crippen LogP contribution is -2.44. The average molecular weight is 256 g/mol. The van der Waals surface area contributed by atoms with Crippen LogP contribution in [0.15, 0.2) is 0 Å². The number of nitrogens with one attached hydrogen (secondary N) is 2. The number of aryl methyl sites for hydroxylation is 1. The van der Waals surface area contributed by atoms with Crippen molar-refractivity contribution in [3.05, 3.63) is 10.6 Å². The maximum absolute atomic E-state index is 11.8. The molecule has 0 bridgehead atoms. The van der Waals surface area contributed by atoms with Crippen molar-refractivity contribution >= 4 is 23.3 Å². The summed E-state index contributed by atoms with van der Waals surface area (Å²) in [5.74, 6) is -0.494. The molecule has 2 N–H and O–H groups in total. The van der Waals surface area contributed by atoms with E-state index in [2.05, 4.69) is 20.2 Å². The van der Waals surface area contributed by atoms with Crippen LogP contribution in [-0.4, -0.2) is 34.0 Å². The monoisotopic (exact) mass is 256 g/mol. The van der Waals surface area contributed by atoms with E-state index in [4.69, 9.17) is 0 Å². The van der Waals surface area contributed by atoms with E-state index in [-0.39, 0.29) is 11.8 Å². The van der Waals surface area contributed by atoms with Crippen molar-refractivity contribution in [1.29, 1.82) is 0 Å². The van der Waals surface area contributed by atoms with Gasteiger partial charge in [-0.1, -0.05) is 11.4 Å². The van der Waals surface area contributed by atoms with Crippen molar-refractivity contribution in [2.24, 2.45) is 0 Å². The Kier molecular flexibility index (Phi) is 5.02. The molecule has 1 unspecified atom stereocenters. The first-order valence-corrected chi connectivity index (χ1v) is 6.27. The predicted molar refractivity (Wildman–Crippen MR) is 64.9 cm³/mol. The zero-order valence-electron chi connectivity index (χ0n) is 10.1. The number of carbonyl (C=O) groups is 2. The van der Waals surface area contributed by atoms with Crippen LogP contribution in [-0.2, 0) is 11.2 Å². The Bertz CT molecular complexity index is 405. The predicted octanol–water partition coefficient (Wildman–Crippen LogP) is 0.355. The minimum atomic E-state index is -0.561. The standard InChI is InChI=1S/C10H16N4O2S/c1-4-7-8(17-14-13-7)10(16)12-6(3)9(15)11-5-2/h6H,4-5H2,1-3H3,(H,11,15)(H,12,16). The number of aromatic nitrogens is 2. The molecule has 0 aromatic carbocycles. The van der Waals surface area contributed by atoms with Gasteiger partial charge in [0, 0.05) is 6.54 Å². The molecule has 0 radical (unpaired) electrons. The SMILES string of the molecule is CCNC(=O)C(C)NC(=O)c1snnc1CC. The van der Waals surface area contributed by atoms with Crippen molar-refractivity contribution in [1.82, 2.24) is 20.2 Å². The Balaban J connectivity index is 2.63. The maximum Gasteiger partial charge on any atom is 0.265 e. The van der Waals surface area contributed by atoms with Crippen LogP contribution in [0, 0.1) is 0 Å². The van der Waals surface area contributed by atoms with Gasteiger partial charge in [-0.15, -0.1) is 5.10 Å². The molecular weight excluding hydrogens is 240 g/mol. The van der Waals surface area contributed by atoms with E-state index in [9.17, 15) is 9.59 Å². The molecular formula is C10H16N4O2S. The summed E-state index contributed by atoms with van der Waals surface area (Å²) in [6.07, 6.45) is 0.648. The highest BCUT2D eigenvalue weighted by molar-refractivity contribution is 7.08. The van der Waals surface area contributed by atoms with Gasteiger partial charge in [0.1, 0.15) is 10.9 Å². The average Bonchev–Trinajstić information content (AvgIpc) is 2.77. The molecule has 0 aliphatic rings. The zero-order chi connectivity index (χ0) is 12.8. The summed E-state index contributed by atoms with van der Waals surface area (Å²) in [6, 6.07) is -0.561. The minimum Gasteiger partial charge on any atom is -0.355 e. The molecule has 0 saturated carbocycles. The minimum absolute atomic E-state index is 0.198. The first-order chi connectivity index (χ1) is 8.10. The highest BCUT2D eigenvalue weighted by Crippen LogP contribution is 2.10. The summed E-state index contributed by atoms with van der Waals surface area (Å²) in [4.78, 5) is 23.8. The highest BCUT2D eigenvalue weighted by atomic mass is 32.1. The van der Waals surface area contributed by atoms with Crippen LogP contribution in [0.1, 0.15) is 36.1 Å². The van der Waals surface area contributed by atoms with Crippen LogP contribution in [0.3, 0.4) is 0 Å². The molecule has 1 aromatic heterocycles. The normalized spacial score (nSPS) is 11.9. The van der Waals surface area contributed by atoms with Crippen LogP contribution >= 0.6 is 11.5 Å². The van der Waals surface area contributed by atoms with E-state index in [0.717, 1.165) is 11.5 Å². The third-order valence-corrected chi connectivity index (χ3v) is 2.96. The Labute approximate surface area is 104 Å². The van der Waals surface area contributed by atoms with Crippen LogP contribution in [0.4, 0.5) is 0 Å². The summed E-state index contributed by atoms with van der Waals surface area (Å²) in [7, 11) is 0. The van der Waals surface area contributed by atoms with Gasteiger partial charge in [0.25, 0.3) is 5.91 Å². The Morgan fingerprint density at radius 2 is 2.12 bits per heavy atom. The molecule has 0 fully saturated rings. The number of nitrogens with zero attached hydrogens (tertiary/aromatic N) is 2. The molecule has 1 rings (SSSR count). The molecule has 7 heteroatoms. The fourth-order valence-electron chi connectivity index (χ4n) is 1.27. The summed E-state index contributed by atoms with van der Waals surface area (Å²) in [6.45, 7) is 5.92. The van der Waals surface area contributed by atoms with Crippen molar-refractivity contribution in [3.63, 3.8) is 0 Å². The Morgan fingerprint density at radius 1 is 1.41 bits per heavy atom. The zero-order valence-corrected chi connectivity index (χ0v) is 10.9. The number of hydrogen-bond donors (Lipinski definition) is 2. The lowest BCUT2D eigenvalue weighted by atomic mass is 10.2. The van der Waals surface area contributed by atoms with Crippen LogP contribution in [0.2, 0.25) is 0 Å². The molecule has 1 heterocycles. The van der Waals surface area contributed by atoms with Gasteiger partial charge >= 0.3 is 0 Å². The second-order valence-electron chi connectivity index (χ2n) is 3.49. The summed E-state index contributed by atoms with van der Waals surface area (Å²) in [5.41, 5.74) is 0.663. The van der Waals surface area contributed by atoms with Gasteiger partial charge < -0.3 is 10.6 Å². The molecule has 0 aliphatic carbocycles. The molecule has 94 valence electrons. The summed E-state index contributed by atoms with van der Waals surface area (Å²) >= 11 is 1.04. The fourth-order valence-corrected chi connectivity index (χ4v) is 1.92. The molecule has 0 saturated heterocycles. The van der Waals surface area contributed by atoms with Crippen molar-refractivity contribution in [2.45, 2.75) is 33.2 Å². The Hall–Kier alpha value is -1.50. The van der Waals surface area contributed by atoms with E-state index in [0.29, 0.717) is 23.5 Å². The summed E-state index contributed by atoms with van der Waals surface area (Å²) in [5, 5.41) is 9.12. The number of amides is 2. The van der Waals surface area contributed by atoms with E-state index < -0.39 is 6.04 Å². The van der Waals surface area contributed by atoms with Gasteiger partial charge in [-0.3, -0.25) is 9.59 Å². The number of rotatable bonds is 5. The van der Waals surface area contributed by atoms with E-state index in [1.807, 2.05) is 13.8 Å². The van der Waals surface area contributed by atoms with Crippen molar-refractivity contribution in [2.75, 3.05) is 6.54 Å². The number of hydrogen-bond acceptors (Lipinski definition) is 5. The topological polar surface area (TPSA) is 84.0 Å². The Morgan fingerprint density at radius 3 is 2.71 bits per heavy atom. The lowest BCUT2D eigenvalue weighted by molar-refractivity contribution is -0.122. The van der Waals surface area contributed by atoms with Gasteiger partial charge in [0.05, 0.1) is 5.69 Å². The van der Waals surface area contributed by atoms with Crippen molar-refractivity contribution in [3.8, 4) is 0 Å². The second kappa shape index (κ2) is 6.29. The third kappa shape index (κ3) is 3.48. The van der Waals surface area contributed by atoms with E-state index >= 15 is 0 Å². The second-order valence-corrected chi connectivity index (χ2v) is 4.25. The van der Waals surface area contributed by atoms with Gasteiger partial charge in [0.15, 0.2) is 0 Å². The van der Waals surface area contributed by atoms with Crippen LogP contribution < -0.4 is 10.6 Å². The van der Waals surface area contributed by atoms with Crippen molar-refractivity contribution < 1.29 is 9.59 Å². The number of likely N-dealkylation sites (N-methyl/N-ethyl adjacent to an activating group) is 1. The van der Waals surface area contributed by atoms with E-state index in [1.54, 1.807) is 6.92 Å². The first kappa shape index (κ1) is 13.6. The third-order valence-electron chi connectivity index (χ3n) is 2.19. The summed E-state index contributed by atoms with van der Waals surface area (Å²) < 4.78 is 3.73. The number of carbonyl (C=O) groups excluding carboxylic acids is 2. The molecule has 1 aromatic rings. The molecule has 17 heavy (non-hydrogen) atoms. The highest BCUT2D eigenvalue weighted by Gasteiger charge is 2.19. The van der Waals surface area contributed by atoms with E-state index in [1.165, 1.54) is 0 Å². The van der Waals surface area contributed by atoms with Crippen LogP contribution in [0.5, 0.6) is 0 Å². The smallest absolute Gasteiger partial charge is 0.265 e. The van der Waals surface area contributed by atoms with Gasteiger partial charge in [-0.05, 0) is 31.8 Å². The van der Waals surface area contributed by atoms with Crippen LogP contribution in [0.25, 0.3) is 0 Å². The molecule has 1 atom stereocenters. The fraction of sp³-hybridized carbons (Fsp3) is 0.600. The first-order valence-electron chi connectivity index (χ1n) is 5.49. The van der Waals surface area contributed by atoms with Gasteiger partial charge in [-0.25, -0.2) is 0 Å². The molecule has 0 spiro atoms. The molecule has 0 aliphatic heterocycles. The van der Waals surface area contributed by atoms with Gasteiger partial charge in [0.2, 0.25) is 5.91 Å².